The lowest BCUT2D eigenvalue weighted by molar-refractivity contribution is -0.132. The smallest absolute Gasteiger partial charge is 0.226 e. The van der Waals surface area contributed by atoms with Gasteiger partial charge in [-0.25, -0.2) is 0 Å². The van der Waals surface area contributed by atoms with Crippen molar-refractivity contribution in [2.24, 2.45) is 0 Å². The zero-order chi connectivity index (χ0) is 13.5. The maximum Gasteiger partial charge on any atom is 0.226 e. The number of para-hydroxylation sites is 1. The highest BCUT2D eigenvalue weighted by Gasteiger charge is 2.27. The fraction of sp³-hybridized carbons (Fsp3) is 0.533. The number of carbonyl (C=O) groups excluding carboxylic acids is 1. The van der Waals surface area contributed by atoms with Crippen molar-refractivity contribution in [2.75, 3.05) is 26.7 Å². The highest BCUT2D eigenvalue weighted by Crippen LogP contribution is 2.17. The van der Waals surface area contributed by atoms with Gasteiger partial charge in [0.15, 0.2) is 0 Å². The van der Waals surface area contributed by atoms with E-state index in [1.165, 1.54) is 0 Å². The lowest BCUT2D eigenvalue weighted by Crippen LogP contribution is -2.41. The van der Waals surface area contributed by atoms with Gasteiger partial charge in [0, 0.05) is 19.1 Å². The van der Waals surface area contributed by atoms with Crippen molar-refractivity contribution in [1.29, 1.82) is 0 Å². The first-order chi connectivity index (χ1) is 9.31. The average Bonchev–Trinajstić information content (AvgIpc) is 2.89. The van der Waals surface area contributed by atoms with Crippen LogP contribution in [0, 0.1) is 0 Å². The summed E-state index contributed by atoms with van der Waals surface area (Å²) in [6, 6.07) is 9.98. The van der Waals surface area contributed by atoms with E-state index in [0.717, 1.165) is 31.7 Å². The van der Waals surface area contributed by atoms with Crippen molar-refractivity contribution < 1.29 is 9.53 Å². The SMILES string of the molecule is CNCC1CCCN1C(=O)CCOc1ccccc1. The molecular formula is C15H22N2O2. The van der Waals surface area contributed by atoms with Gasteiger partial charge in [-0.2, -0.15) is 0 Å². The largest absolute Gasteiger partial charge is 0.493 e. The summed E-state index contributed by atoms with van der Waals surface area (Å²) in [7, 11) is 1.93. The summed E-state index contributed by atoms with van der Waals surface area (Å²) in [6.45, 7) is 2.22. The van der Waals surface area contributed by atoms with Gasteiger partial charge in [0.25, 0.3) is 0 Å². The fourth-order valence-electron chi connectivity index (χ4n) is 2.53. The second-order valence-electron chi connectivity index (χ2n) is 4.85. The number of hydrogen-bond donors (Lipinski definition) is 1. The molecule has 1 N–H and O–H groups in total. The van der Waals surface area contributed by atoms with E-state index >= 15 is 0 Å². The summed E-state index contributed by atoms with van der Waals surface area (Å²) in [4.78, 5) is 14.1. The van der Waals surface area contributed by atoms with Crippen LogP contribution in [-0.2, 0) is 4.79 Å². The molecule has 1 saturated heterocycles. The van der Waals surface area contributed by atoms with Gasteiger partial charge in [0.2, 0.25) is 5.91 Å². The third kappa shape index (κ3) is 3.96. The number of amides is 1. The lowest BCUT2D eigenvalue weighted by Gasteiger charge is -2.24. The number of nitrogens with zero attached hydrogens (tertiary/aromatic N) is 1. The van der Waals surface area contributed by atoms with Crippen LogP contribution in [0.2, 0.25) is 0 Å². The minimum Gasteiger partial charge on any atom is -0.493 e. The Kier molecular flexibility index (Phi) is 5.21. The van der Waals surface area contributed by atoms with E-state index in [-0.39, 0.29) is 5.91 Å². The first-order valence-electron chi connectivity index (χ1n) is 6.93. The third-order valence-corrected chi connectivity index (χ3v) is 3.47. The van der Waals surface area contributed by atoms with Gasteiger partial charge in [-0.3, -0.25) is 4.79 Å². The molecule has 1 atom stereocenters. The first kappa shape index (κ1) is 13.9. The number of likely N-dealkylation sites (N-methyl/N-ethyl adjacent to an activating group) is 1. The summed E-state index contributed by atoms with van der Waals surface area (Å²) in [5.74, 6) is 1.03. The fourth-order valence-corrected chi connectivity index (χ4v) is 2.53. The number of likely N-dealkylation sites (tertiary alicyclic amines) is 1. The maximum atomic E-state index is 12.1. The van der Waals surface area contributed by atoms with E-state index in [2.05, 4.69) is 5.32 Å². The van der Waals surface area contributed by atoms with Crippen molar-refractivity contribution >= 4 is 5.91 Å². The van der Waals surface area contributed by atoms with Crippen LogP contribution in [0.25, 0.3) is 0 Å². The van der Waals surface area contributed by atoms with E-state index in [4.69, 9.17) is 4.74 Å². The van der Waals surface area contributed by atoms with Crippen LogP contribution < -0.4 is 10.1 Å². The molecule has 1 aromatic carbocycles. The predicted octanol–water partition coefficient (Wildman–Crippen LogP) is 1.67. The minimum atomic E-state index is 0.202. The quantitative estimate of drug-likeness (QED) is 0.848. The lowest BCUT2D eigenvalue weighted by atomic mass is 10.2. The molecule has 4 nitrogen and oxygen atoms in total. The number of benzene rings is 1. The van der Waals surface area contributed by atoms with Crippen molar-refractivity contribution in [3.05, 3.63) is 30.3 Å². The molecule has 0 aromatic heterocycles. The molecule has 1 unspecified atom stereocenters. The van der Waals surface area contributed by atoms with Crippen LogP contribution in [0.5, 0.6) is 5.75 Å². The molecule has 0 bridgehead atoms. The van der Waals surface area contributed by atoms with Crippen LogP contribution in [0.1, 0.15) is 19.3 Å². The molecule has 1 aliphatic rings. The Morgan fingerprint density at radius 2 is 2.21 bits per heavy atom. The van der Waals surface area contributed by atoms with Crippen molar-refractivity contribution in [3.8, 4) is 5.75 Å². The van der Waals surface area contributed by atoms with E-state index < -0.39 is 0 Å². The van der Waals surface area contributed by atoms with Gasteiger partial charge >= 0.3 is 0 Å². The predicted molar refractivity (Wildman–Crippen MR) is 75.2 cm³/mol. The Hall–Kier alpha value is -1.55. The summed E-state index contributed by atoms with van der Waals surface area (Å²) in [5.41, 5.74) is 0. The molecule has 1 amide bonds. The zero-order valence-electron chi connectivity index (χ0n) is 11.5. The topological polar surface area (TPSA) is 41.6 Å². The van der Waals surface area contributed by atoms with Crippen LogP contribution in [0.15, 0.2) is 30.3 Å². The molecule has 0 spiro atoms. The normalized spacial score (nSPS) is 18.6. The number of carbonyl (C=O) groups is 1. The third-order valence-electron chi connectivity index (χ3n) is 3.47. The van der Waals surface area contributed by atoms with Gasteiger partial charge in [-0.15, -0.1) is 0 Å². The molecule has 0 radical (unpaired) electrons. The highest BCUT2D eigenvalue weighted by atomic mass is 16.5. The van der Waals surface area contributed by atoms with Crippen molar-refractivity contribution in [2.45, 2.75) is 25.3 Å². The monoisotopic (exact) mass is 262 g/mol. The maximum absolute atomic E-state index is 12.1. The zero-order valence-corrected chi connectivity index (χ0v) is 11.5. The number of ether oxygens (including phenoxy) is 1. The summed E-state index contributed by atoms with van der Waals surface area (Å²) in [5, 5.41) is 3.15. The van der Waals surface area contributed by atoms with Gasteiger partial charge < -0.3 is 15.0 Å². The molecule has 1 aliphatic heterocycles. The molecule has 1 heterocycles. The molecule has 2 rings (SSSR count). The Labute approximate surface area is 114 Å². The Balaban J connectivity index is 1.75. The van der Waals surface area contributed by atoms with Crippen molar-refractivity contribution in [1.82, 2.24) is 10.2 Å². The standard InChI is InChI=1S/C15H22N2O2/c1-16-12-13-6-5-10-17(13)15(18)9-11-19-14-7-3-2-4-8-14/h2-4,7-8,13,16H,5-6,9-12H2,1H3. The van der Waals surface area contributed by atoms with Gasteiger partial charge in [-0.1, -0.05) is 18.2 Å². The molecule has 4 heteroatoms. The van der Waals surface area contributed by atoms with Crippen LogP contribution in [-0.4, -0.2) is 43.6 Å². The molecule has 1 fully saturated rings. The van der Waals surface area contributed by atoms with E-state index in [1.807, 2.05) is 42.3 Å². The molecule has 19 heavy (non-hydrogen) atoms. The summed E-state index contributed by atoms with van der Waals surface area (Å²) in [6.07, 6.45) is 2.67. The number of nitrogens with one attached hydrogen (secondary N) is 1. The minimum absolute atomic E-state index is 0.202. The van der Waals surface area contributed by atoms with Gasteiger partial charge in [-0.05, 0) is 32.0 Å². The van der Waals surface area contributed by atoms with Gasteiger partial charge in [0.05, 0.1) is 13.0 Å². The number of rotatable bonds is 6. The first-order valence-corrected chi connectivity index (χ1v) is 6.93. The van der Waals surface area contributed by atoms with Crippen LogP contribution in [0.4, 0.5) is 0 Å². The van der Waals surface area contributed by atoms with Crippen molar-refractivity contribution in [3.63, 3.8) is 0 Å². The Bertz CT molecular complexity index is 394. The van der Waals surface area contributed by atoms with E-state index in [0.29, 0.717) is 19.1 Å². The molecular weight excluding hydrogens is 240 g/mol. The average molecular weight is 262 g/mol. The van der Waals surface area contributed by atoms with E-state index in [1.54, 1.807) is 0 Å². The highest BCUT2D eigenvalue weighted by molar-refractivity contribution is 5.77. The number of hydrogen-bond acceptors (Lipinski definition) is 3. The molecule has 0 saturated carbocycles. The summed E-state index contributed by atoms with van der Waals surface area (Å²) >= 11 is 0. The van der Waals surface area contributed by atoms with E-state index in [9.17, 15) is 4.79 Å². The Morgan fingerprint density at radius 3 is 2.95 bits per heavy atom. The van der Waals surface area contributed by atoms with Crippen LogP contribution in [0.3, 0.4) is 0 Å². The Morgan fingerprint density at radius 1 is 1.42 bits per heavy atom. The molecule has 0 aliphatic carbocycles. The second-order valence-corrected chi connectivity index (χ2v) is 4.85. The van der Waals surface area contributed by atoms with Crippen LogP contribution >= 0.6 is 0 Å². The molecule has 104 valence electrons. The molecule has 1 aromatic rings. The van der Waals surface area contributed by atoms with Gasteiger partial charge in [0.1, 0.15) is 5.75 Å². The summed E-state index contributed by atoms with van der Waals surface area (Å²) < 4.78 is 5.57. The second kappa shape index (κ2) is 7.14.